The van der Waals surface area contributed by atoms with E-state index in [0.29, 0.717) is 11.2 Å². The van der Waals surface area contributed by atoms with Crippen molar-refractivity contribution in [2.45, 2.75) is 0 Å². The molecule has 0 fully saturated rings. The second-order valence-electron chi connectivity index (χ2n) is 2.98. The van der Waals surface area contributed by atoms with Crippen LogP contribution in [0.5, 0.6) is 0 Å². The van der Waals surface area contributed by atoms with Gasteiger partial charge in [-0.15, -0.1) is 0 Å². The lowest BCUT2D eigenvalue weighted by molar-refractivity contribution is 0.0583. The number of hydrogen-bond donors (Lipinski definition) is 0. The fourth-order valence-electron chi connectivity index (χ4n) is 1.33. The van der Waals surface area contributed by atoms with Crippen LogP contribution in [0.25, 0.3) is 11.2 Å². The van der Waals surface area contributed by atoms with E-state index in [1.54, 1.807) is 23.9 Å². The van der Waals surface area contributed by atoms with E-state index in [4.69, 9.17) is 0 Å². The molecule has 2 aromatic rings. The molecule has 0 unspecified atom stereocenters. The minimum atomic E-state index is -0.466. The number of halogens is 1. The molecule has 2 aromatic heterocycles. The Bertz CT molecular complexity index is 535. The molecule has 0 aliphatic rings. The fourth-order valence-corrected chi connectivity index (χ4v) is 1.64. The number of hydrogen-bond acceptors (Lipinski definition) is 4. The third kappa shape index (κ3) is 1.61. The molecule has 2 rings (SSSR count). The number of aryl methyl sites for hydroxylation is 1. The van der Waals surface area contributed by atoms with Crippen LogP contribution in [0.3, 0.4) is 0 Å². The number of aromatic nitrogens is 3. The number of imidazole rings is 1. The number of ether oxygens (including phenoxy) is 1. The Hall–Kier alpha value is -1.43. The van der Waals surface area contributed by atoms with E-state index in [2.05, 4.69) is 30.6 Å². The zero-order valence-corrected chi connectivity index (χ0v) is 9.78. The Morgan fingerprint density at radius 2 is 2.33 bits per heavy atom. The number of carbonyl (C=O) groups is 1. The predicted octanol–water partition coefficient (Wildman–Crippen LogP) is 1.52. The number of fused-ring (bicyclic) bond motifs is 1. The average Bonchev–Trinajstić information content (AvgIpc) is 2.54. The zero-order valence-electron chi connectivity index (χ0n) is 8.19. The monoisotopic (exact) mass is 269 g/mol. The van der Waals surface area contributed by atoms with Gasteiger partial charge in [0.25, 0.3) is 0 Å². The van der Waals surface area contributed by atoms with Crippen molar-refractivity contribution in [3.05, 3.63) is 22.6 Å². The van der Waals surface area contributed by atoms with Crippen molar-refractivity contribution >= 4 is 33.1 Å². The van der Waals surface area contributed by atoms with Crippen LogP contribution in [-0.2, 0) is 11.8 Å². The lowest BCUT2D eigenvalue weighted by atomic mass is 10.4. The van der Waals surface area contributed by atoms with E-state index >= 15 is 0 Å². The molecule has 0 N–H and O–H groups in total. The fraction of sp³-hybridized carbons (Fsp3) is 0.222. The van der Waals surface area contributed by atoms with Crippen LogP contribution < -0.4 is 0 Å². The summed E-state index contributed by atoms with van der Waals surface area (Å²) in [6.45, 7) is 0. The van der Waals surface area contributed by atoms with Gasteiger partial charge in [-0.2, -0.15) is 0 Å². The van der Waals surface area contributed by atoms with Gasteiger partial charge in [-0.25, -0.2) is 14.8 Å². The van der Waals surface area contributed by atoms with Crippen LogP contribution in [0.1, 0.15) is 10.6 Å². The quantitative estimate of drug-likeness (QED) is 0.737. The number of methoxy groups -OCH3 is 1. The van der Waals surface area contributed by atoms with Crippen molar-refractivity contribution in [2.24, 2.45) is 7.05 Å². The van der Waals surface area contributed by atoms with Gasteiger partial charge in [0.2, 0.25) is 5.82 Å². The molecule has 0 saturated heterocycles. The maximum absolute atomic E-state index is 11.3. The topological polar surface area (TPSA) is 57.0 Å². The second-order valence-corrected chi connectivity index (χ2v) is 3.90. The number of pyridine rings is 1. The molecular weight excluding hydrogens is 262 g/mol. The predicted molar refractivity (Wildman–Crippen MR) is 57.5 cm³/mol. The van der Waals surface area contributed by atoms with Crippen molar-refractivity contribution in [1.29, 1.82) is 0 Å². The van der Waals surface area contributed by atoms with Gasteiger partial charge in [-0.05, 0) is 22.0 Å². The standard InChI is InChI=1S/C9H8BrN3O2/c1-13-7-6(3-5(10)4-11-7)12-8(13)9(14)15-2/h3-4H,1-2H3. The summed E-state index contributed by atoms with van der Waals surface area (Å²) in [7, 11) is 3.05. The summed E-state index contributed by atoms with van der Waals surface area (Å²) in [5.74, 6) is -0.218. The van der Waals surface area contributed by atoms with Gasteiger partial charge in [0.15, 0.2) is 5.65 Å². The molecule has 0 atom stereocenters. The molecule has 0 spiro atoms. The summed E-state index contributed by atoms with van der Waals surface area (Å²) in [6.07, 6.45) is 1.66. The highest BCUT2D eigenvalue weighted by Crippen LogP contribution is 2.17. The van der Waals surface area contributed by atoms with Crippen molar-refractivity contribution in [1.82, 2.24) is 14.5 Å². The molecule has 0 bridgehead atoms. The Kier molecular flexibility index (Phi) is 2.44. The van der Waals surface area contributed by atoms with Crippen LogP contribution in [0, 0.1) is 0 Å². The van der Waals surface area contributed by atoms with Crippen LogP contribution in [0.2, 0.25) is 0 Å². The first-order valence-electron chi connectivity index (χ1n) is 4.19. The van der Waals surface area contributed by atoms with Crippen LogP contribution in [-0.4, -0.2) is 27.6 Å². The van der Waals surface area contributed by atoms with Crippen LogP contribution >= 0.6 is 15.9 Å². The number of carbonyl (C=O) groups excluding carboxylic acids is 1. The highest BCUT2D eigenvalue weighted by molar-refractivity contribution is 9.10. The van der Waals surface area contributed by atoms with E-state index in [-0.39, 0.29) is 5.82 Å². The van der Waals surface area contributed by atoms with Crippen LogP contribution in [0.4, 0.5) is 0 Å². The number of rotatable bonds is 1. The first-order chi connectivity index (χ1) is 7.13. The van der Waals surface area contributed by atoms with E-state index in [1.807, 2.05) is 0 Å². The molecule has 6 heteroatoms. The summed E-state index contributed by atoms with van der Waals surface area (Å²) in [6, 6.07) is 1.80. The largest absolute Gasteiger partial charge is 0.463 e. The summed E-state index contributed by atoms with van der Waals surface area (Å²) in [5.41, 5.74) is 1.31. The third-order valence-corrected chi connectivity index (χ3v) is 2.48. The Labute approximate surface area is 94.2 Å². The summed E-state index contributed by atoms with van der Waals surface area (Å²) in [5, 5.41) is 0. The summed E-state index contributed by atoms with van der Waals surface area (Å²) >= 11 is 3.29. The molecular formula is C9H8BrN3O2. The molecule has 0 amide bonds. The lowest BCUT2D eigenvalue weighted by Crippen LogP contribution is -2.09. The van der Waals surface area contributed by atoms with E-state index < -0.39 is 5.97 Å². The molecule has 0 aromatic carbocycles. The number of esters is 1. The molecule has 15 heavy (non-hydrogen) atoms. The van der Waals surface area contributed by atoms with Gasteiger partial charge >= 0.3 is 5.97 Å². The molecule has 78 valence electrons. The molecule has 5 nitrogen and oxygen atoms in total. The SMILES string of the molecule is COC(=O)c1nc2cc(Br)cnc2n1C. The second kappa shape index (κ2) is 3.62. The van der Waals surface area contributed by atoms with Gasteiger partial charge in [0, 0.05) is 17.7 Å². The zero-order chi connectivity index (χ0) is 11.0. The van der Waals surface area contributed by atoms with Crippen molar-refractivity contribution in [3.8, 4) is 0 Å². The Morgan fingerprint density at radius 1 is 1.60 bits per heavy atom. The highest BCUT2D eigenvalue weighted by atomic mass is 79.9. The van der Waals surface area contributed by atoms with E-state index in [9.17, 15) is 4.79 Å². The molecule has 0 saturated carbocycles. The summed E-state index contributed by atoms with van der Waals surface area (Å²) < 4.78 is 7.04. The maximum atomic E-state index is 11.3. The smallest absolute Gasteiger partial charge is 0.374 e. The molecule has 0 aliphatic heterocycles. The van der Waals surface area contributed by atoms with Gasteiger partial charge in [0.1, 0.15) is 5.52 Å². The van der Waals surface area contributed by atoms with Crippen molar-refractivity contribution in [2.75, 3.05) is 7.11 Å². The van der Waals surface area contributed by atoms with Crippen molar-refractivity contribution in [3.63, 3.8) is 0 Å². The first kappa shape index (κ1) is 10.1. The van der Waals surface area contributed by atoms with Crippen LogP contribution in [0.15, 0.2) is 16.7 Å². The van der Waals surface area contributed by atoms with Gasteiger partial charge < -0.3 is 9.30 Å². The van der Waals surface area contributed by atoms with Gasteiger partial charge in [-0.3, -0.25) is 0 Å². The molecule has 2 heterocycles. The third-order valence-electron chi connectivity index (χ3n) is 2.04. The Balaban J connectivity index is 2.69. The lowest BCUT2D eigenvalue weighted by Gasteiger charge is -1.98. The van der Waals surface area contributed by atoms with Gasteiger partial charge in [0.05, 0.1) is 7.11 Å². The Morgan fingerprint density at radius 3 is 3.00 bits per heavy atom. The highest BCUT2D eigenvalue weighted by Gasteiger charge is 2.16. The number of nitrogens with zero attached hydrogens (tertiary/aromatic N) is 3. The maximum Gasteiger partial charge on any atom is 0.374 e. The minimum Gasteiger partial charge on any atom is -0.463 e. The minimum absolute atomic E-state index is 0.248. The first-order valence-corrected chi connectivity index (χ1v) is 4.99. The molecule has 0 radical (unpaired) electrons. The average molecular weight is 270 g/mol. The molecule has 0 aliphatic carbocycles. The van der Waals surface area contributed by atoms with E-state index in [1.165, 1.54) is 7.11 Å². The van der Waals surface area contributed by atoms with Crippen molar-refractivity contribution < 1.29 is 9.53 Å². The van der Waals surface area contributed by atoms with Gasteiger partial charge in [-0.1, -0.05) is 0 Å². The van der Waals surface area contributed by atoms with E-state index in [0.717, 1.165) is 4.47 Å². The normalized spacial score (nSPS) is 10.6. The summed E-state index contributed by atoms with van der Waals surface area (Å²) in [4.78, 5) is 19.6.